The van der Waals surface area contributed by atoms with Crippen molar-refractivity contribution in [1.29, 1.82) is 0 Å². The number of carboxylic acid groups (broad SMARTS) is 1. The molecule has 1 aliphatic heterocycles. The number of hydrogen-bond acceptors (Lipinski definition) is 3. The van der Waals surface area contributed by atoms with E-state index in [1.54, 1.807) is 0 Å². The number of benzene rings is 1. The Hall–Kier alpha value is -1.88. The summed E-state index contributed by atoms with van der Waals surface area (Å²) in [5, 5.41) is 8.70. The fourth-order valence-corrected chi connectivity index (χ4v) is 2.58. The first-order valence-corrected chi connectivity index (χ1v) is 7.28. The van der Waals surface area contributed by atoms with Crippen molar-refractivity contribution in [2.45, 2.75) is 20.3 Å². The topological polar surface area (TPSA) is 60.9 Å². The number of piperazine rings is 1. The van der Waals surface area contributed by atoms with Gasteiger partial charge in [-0.15, -0.1) is 0 Å². The standard InChI is InChI=1S/C16H22N2O3/c1-12-4-3-5-14(13(12)2)16(21)18-10-8-17(9-11-18)7-6-15(19)20/h3-5H,6-11H2,1-2H3,(H,19,20). The van der Waals surface area contributed by atoms with Gasteiger partial charge in [-0.05, 0) is 31.0 Å². The molecule has 0 saturated carbocycles. The van der Waals surface area contributed by atoms with Gasteiger partial charge in [0, 0.05) is 38.3 Å². The second kappa shape index (κ2) is 6.72. The predicted octanol–water partition coefficient (Wildman–Crippen LogP) is 1.54. The highest BCUT2D eigenvalue weighted by atomic mass is 16.4. The van der Waals surface area contributed by atoms with Gasteiger partial charge in [0.25, 0.3) is 5.91 Å². The lowest BCUT2D eigenvalue weighted by Crippen LogP contribution is -2.49. The van der Waals surface area contributed by atoms with Gasteiger partial charge in [-0.25, -0.2) is 0 Å². The molecular weight excluding hydrogens is 268 g/mol. The summed E-state index contributed by atoms with van der Waals surface area (Å²) in [5.41, 5.74) is 2.94. The molecule has 2 rings (SSSR count). The molecule has 1 aliphatic rings. The largest absolute Gasteiger partial charge is 0.481 e. The SMILES string of the molecule is Cc1cccc(C(=O)N2CCN(CCC(=O)O)CC2)c1C. The van der Waals surface area contributed by atoms with Crippen molar-refractivity contribution < 1.29 is 14.7 Å². The Morgan fingerprint density at radius 1 is 1.14 bits per heavy atom. The molecule has 0 radical (unpaired) electrons. The van der Waals surface area contributed by atoms with Crippen LogP contribution in [0.2, 0.25) is 0 Å². The van der Waals surface area contributed by atoms with Gasteiger partial charge >= 0.3 is 5.97 Å². The summed E-state index contributed by atoms with van der Waals surface area (Å²) >= 11 is 0. The van der Waals surface area contributed by atoms with E-state index >= 15 is 0 Å². The van der Waals surface area contributed by atoms with Crippen molar-refractivity contribution in [3.05, 3.63) is 34.9 Å². The Balaban J connectivity index is 1.94. The zero-order chi connectivity index (χ0) is 15.4. The number of carbonyl (C=O) groups is 2. The second-order valence-electron chi connectivity index (χ2n) is 5.53. The number of aliphatic carboxylic acids is 1. The number of carboxylic acids is 1. The van der Waals surface area contributed by atoms with Crippen molar-refractivity contribution >= 4 is 11.9 Å². The molecule has 1 amide bonds. The molecule has 0 unspecified atom stereocenters. The molecule has 1 N–H and O–H groups in total. The number of amides is 1. The van der Waals surface area contributed by atoms with Crippen molar-refractivity contribution in [2.24, 2.45) is 0 Å². The lowest BCUT2D eigenvalue weighted by molar-refractivity contribution is -0.137. The van der Waals surface area contributed by atoms with Crippen LogP contribution in [0.1, 0.15) is 27.9 Å². The molecule has 0 atom stereocenters. The molecule has 21 heavy (non-hydrogen) atoms. The van der Waals surface area contributed by atoms with E-state index in [4.69, 9.17) is 5.11 Å². The molecule has 1 fully saturated rings. The molecule has 5 nitrogen and oxygen atoms in total. The van der Waals surface area contributed by atoms with Gasteiger partial charge in [0.15, 0.2) is 0 Å². The first-order valence-electron chi connectivity index (χ1n) is 7.28. The number of rotatable bonds is 4. The first kappa shape index (κ1) is 15.5. The summed E-state index contributed by atoms with van der Waals surface area (Å²) in [7, 11) is 0. The summed E-state index contributed by atoms with van der Waals surface area (Å²) in [5.74, 6) is -0.696. The van der Waals surface area contributed by atoms with E-state index in [1.807, 2.05) is 36.9 Å². The third-order valence-corrected chi connectivity index (χ3v) is 4.14. The highest BCUT2D eigenvalue weighted by Gasteiger charge is 2.23. The number of aryl methyl sites for hydroxylation is 1. The Bertz CT molecular complexity index is 534. The molecule has 0 aromatic heterocycles. The van der Waals surface area contributed by atoms with E-state index in [-0.39, 0.29) is 12.3 Å². The third kappa shape index (κ3) is 3.82. The van der Waals surface area contributed by atoms with Crippen molar-refractivity contribution in [2.75, 3.05) is 32.7 Å². The van der Waals surface area contributed by atoms with Crippen LogP contribution >= 0.6 is 0 Å². The van der Waals surface area contributed by atoms with Gasteiger partial charge in [-0.2, -0.15) is 0 Å². The minimum Gasteiger partial charge on any atom is -0.481 e. The van der Waals surface area contributed by atoms with Crippen LogP contribution in [0.25, 0.3) is 0 Å². The minimum absolute atomic E-state index is 0.0779. The van der Waals surface area contributed by atoms with Gasteiger partial charge in [-0.1, -0.05) is 12.1 Å². The Morgan fingerprint density at radius 2 is 1.81 bits per heavy atom. The maximum absolute atomic E-state index is 12.6. The summed E-state index contributed by atoms with van der Waals surface area (Å²) < 4.78 is 0. The molecular formula is C16H22N2O3. The van der Waals surface area contributed by atoms with Crippen LogP contribution in [0.15, 0.2) is 18.2 Å². The van der Waals surface area contributed by atoms with Gasteiger partial charge in [0.2, 0.25) is 0 Å². The fraction of sp³-hybridized carbons (Fsp3) is 0.500. The maximum Gasteiger partial charge on any atom is 0.304 e. The summed E-state index contributed by atoms with van der Waals surface area (Å²) in [6, 6.07) is 5.80. The number of nitrogens with zero attached hydrogens (tertiary/aromatic N) is 2. The van der Waals surface area contributed by atoms with E-state index in [9.17, 15) is 9.59 Å². The van der Waals surface area contributed by atoms with E-state index in [2.05, 4.69) is 4.90 Å². The number of hydrogen-bond donors (Lipinski definition) is 1. The third-order valence-electron chi connectivity index (χ3n) is 4.14. The van der Waals surface area contributed by atoms with Crippen LogP contribution in [-0.2, 0) is 4.79 Å². The quantitative estimate of drug-likeness (QED) is 0.913. The molecule has 1 heterocycles. The van der Waals surface area contributed by atoms with Crippen molar-refractivity contribution in [3.8, 4) is 0 Å². The highest BCUT2D eigenvalue weighted by Crippen LogP contribution is 2.16. The summed E-state index contributed by atoms with van der Waals surface area (Å²) in [6.45, 7) is 7.34. The highest BCUT2D eigenvalue weighted by molar-refractivity contribution is 5.96. The average molecular weight is 290 g/mol. The molecule has 114 valence electrons. The van der Waals surface area contributed by atoms with E-state index in [0.717, 1.165) is 29.8 Å². The lowest BCUT2D eigenvalue weighted by atomic mass is 10.0. The molecule has 1 aromatic rings. The van der Waals surface area contributed by atoms with Crippen LogP contribution in [0.3, 0.4) is 0 Å². The van der Waals surface area contributed by atoms with E-state index < -0.39 is 5.97 Å². The zero-order valence-electron chi connectivity index (χ0n) is 12.6. The van der Waals surface area contributed by atoms with Gasteiger partial charge in [-0.3, -0.25) is 14.5 Å². The molecule has 0 aliphatic carbocycles. The van der Waals surface area contributed by atoms with Crippen LogP contribution in [0.5, 0.6) is 0 Å². The number of carbonyl (C=O) groups excluding carboxylic acids is 1. The van der Waals surface area contributed by atoms with Gasteiger partial charge in [0.05, 0.1) is 6.42 Å². The zero-order valence-corrected chi connectivity index (χ0v) is 12.6. The summed E-state index contributed by atoms with van der Waals surface area (Å²) in [4.78, 5) is 27.1. The predicted molar refractivity (Wildman–Crippen MR) is 80.5 cm³/mol. The Kier molecular flexibility index (Phi) is 4.96. The molecule has 1 saturated heterocycles. The minimum atomic E-state index is -0.774. The van der Waals surface area contributed by atoms with Crippen molar-refractivity contribution in [3.63, 3.8) is 0 Å². The molecule has 5 heteroatoms. The maximum atomic E-state index is 12.6. The molecule has 0 bridgehead atoms. The molecule has 1 aromatic carbocycles. The lowest BCUT2D eigenvalue weighted by Gasteiger charge is -2.34. The van der Waals surface area contributed by atoms with Crippen LogP contribution in [-0.4, -0.2) is 59.5 Å². The van der Waals surface area contributed by atoms with Crippen LogP contribution in [0, 0.1) is 13.8 Å². The van der Waals surface area contributed by atoms with E-state index in [1.165, 1.54) is 0 Å². The van der Waals surface area contributed by atoms with Gasteiger partial charge in [0.1, 0.15) is 0 Å². The first-order chi connectivity index (χ1) is 9.99. The monoisotopic (exact) mass is 290 g/mol. The van der Waals surface area contributed by atoms with Gasteiger partial charge < -0.3 is 10.0 Å². The Labute approximate surface area is 125 Å². The summed E-state index contributed by atoms with van der Waals surface area (Å²) in [6.07, 6.45) is 0.158. The fourth-order valence-electron chi connectivity index (χ4n) is 2.58. The normalized spacial score (nSPS) is 16.0. The Morgan fingerprint density at radius 3 is 2.43 bits per heavy atom. The second-order valence-corrected chi connectivity index (χ2v) is 5.53. The van der Waals surface area contributed by atoms with Crippen molar-refractivity contribution in [1.82, 2.24) is 9.80 Å². The average Bonchev–Trinajstić information content (AvgIpc) is 2.48. The van der Waals surface area contributed by atoms with E-state index in [0.29, 0.717) is 19.6 Å². The van der Waals surface area contributed by atoms with Crippen LogP contribution in [0.4, 0.5) is 0 Å². The van der Waals surface area contributed by atoms with Crippen LogP contribution < -0.4 is 0 Å². The molecule has 0 spiro atoms. The smallest absolute Gasteiger partial charge is 0.304 e.